The minimum absolute atomic E-state index is 0.292. The average Bonchev–Trinajstić information content (AvgIpc) is 2.50. The molecule has 0 saturated carbocycles. The summed E-state index contributed by atoms with van der Waals surface area (Å²) in [7, 11) is 0. The standard InChI is InChI=1S/C17H18N2O2/c1-2-3-11-15(16(18)20)19-17(21)14-10-6-8-12-7-4-5-9-13(12)14/h2,4-10,15H,1,3,11H2,(H2,18,20)(H,19,21)/t15-/m0/s1. The summed E-state index contributed by atoms with van der Waals surface area (Å²) >= 11 is 0. The Labute approximate surface area is 123 Å². The molecule has 0 aliphatic carbocycles. The number of amides is 2. The van der Waals surface area contributed by atoms with Gasteiger partial charge in [0.1, 0.15) is 6.04 Å². The number of rotatable bonds is 6. The number of carbonyl (C=O) groups is 2. The van der Waals surface area contributed by atoms with Crippen LogP contribution >= 0.6 is 0 Å². The molecule has 0 aliphatic heterocycles. The van der Waals surface area contributed by atoms with Crippen molar-refractivity contribution in [2.45, 2.75) is 18.9 Å². The number of benzene rings is 2. The van der Waals surface area contributed by atoms with Crippen molar-refractivity contribution in [1.82, 2.24) is 5.32 Å². The van der Waals surface area contributed by atoms with Gasteiger partial charge >= 0.3 is 0 Å². The van der Waals surface area contributed by atoms with Crippen LogP contribution < -0.4 is 11.1 Å². The topological polar surface area (TPSA) is 72.2 Å². The minimum Gasteiger partial charge on any atom is -0.368 e. The summed E-state index contributed by atoms with van der Waals surface area (Å²) in [6.45, 7) is 3.61. The van der Waals surface area contributed by atoms with Gasteiger partial charge in [-0.2, -0.15) is 0 Å². The van der Waals surface area contributed by atoms with E-state index in [1.165, 1.54) is 0 Å². The maximum Gasteiger partial charge on any atom is 0.252 e. The number of allylic oxidation sites excluding steroid dienone is 1. The smallest absolute Gasteiger partial charge is 0.252 e. The van der Waals surface area contributed by atoms with E-state index in [1.54, 1.807) is 12.1 Å². The van der Waals surface area contributed by atoms with Gasteiger partial charge in [0.05, 0.1) is 0 Å². The molecule has 3 N–H and O–H groups in total. The van der Waals surface area contributed by atoms with E-state index in [-0.39, 0.29) is 5.91 Å². The highest BCUT2D eigenvalue weighted by molar-refractivity contribution is 6.08. The van der Waals surface area contributed by atoms with Gasteiger partial charge in [-0.05, 0) is 29.7 Å². The fourth-order valence-corrected chi connectivity index (χ4v) is 2.23. The number of fused-ring (bicyclic) bond motifs is 1. The van der Waals surface area contributed by atoms with Crippen LogP contribution in [0, 0.1) is 0 Å². The van der Waals surface area contributed by atoms with Crippen LogP contribution in [0.1, 0.15) is 23.2 Å². The Hall–Kier alpha value is -2.62. The fraction of sp³-hybridized carbons (Fsp3) is 0.176. The van der Waals surface area contributed by atoms with Gasteiger partial charge in [0.25, 0.3) is 5.91 Å². The minimum atomic E-state index is -0.686. The molecule has 0 aliphatic rings. The molecule has 2 rings (SSSR count). The number of hydrogen-bond acceptors (Lipinski definition) is 2. The summed E-state index contributed by atoms with van der Waals surface area (Å²) in [4.78, 5) is 23.8. The molecule has 1 atom stereocenters. The van der Waals surface area contributed by atoms with E-state index in [0.29, 0.717) is 18.4 Å². The predicted molar refractivity (Wildman–Crippen MR) is 83.8 cm³/mol. The van der Waals surface area contributed by atoms with Gasteiger partial charge in [0.15, 0.2) is 0 Å². The first-order chi connectivity index (χ1) is 10.1. The molecule has 2 aromatic carbocycles. The van der Waals surface area contributed by atoms with Gasteiger partial charge in [-0.15, -0.1) is 6.58 Å². The molecular weight excluding hydrogens is 264 g/mol. The lowest BCUT2D eigenvalue weighted by molar-refractivity contribution is -0.119. The largest absolute Gasteiger partial charge is 0.368 e. The van der Waals surface area contributed by atoms with Crippen LogP contribution in [0.2, 0.25) is 0 Å². The van der Waals surface area contributed by atoms with E-state index in [9.17, 15) is 9.59 Å². The lowest BCUT2D eigenvalue weighted by Gasteiger charge is -2.15. The fourth-order valence-electron chi connectivity index (χ4n) is 2.23. The van der Waals surface area contributed by atoms with E-state index in [0.717, 1.165) is 10.8 Å². The van der Waals surface area contributed by atoms with Crippen LogP contribution in [0.15, 0.2) is 55.1 Å². The molecule has 21 heavy (non-hydrogen) atoms. The number of nitrogens with two attached hydrogens (primary N) is 1. The van der Waals surface area contributed by atoms with Crippen molar-refractivity contribution in [3.63, 3.8) is 0 Å². The maximum atomic E-state index is 12.4. The van der Waals surface area contributed by atoms with Gasteiger partial charge in [0.2, 0.25) is 5.91 Å². The van der Waals surface area contributed by atoms with Gasteiger partial charge in [0, 0.05) is 5.56 Å². The molecule has 0 heterocycles. The Morgan fingerprint density at radius 3 is 2.62 bits per heavy atom. The molecule has 4 nitrogen and oxygen atoms in total. The molecule has 0 radical (unpaired) electrons. The molecule has 108 valence electrons. The third kappa shape index (κ3) is 3.48. The van der Waals surface area contributed by atoms with E-state index in [2.05, 4.69) is 11.9 Å². The van der Waals surface area contributed by atoms with Crippen molar-refractivity contribution in [3.05, 3.63) is 60.7 Å². The van der Waals surface area contributed by atoms with Gasteiger partial charge in [-0.1, -0.05) is 42.5 Å². The van der Waals surface area contributed by atoms with Crippen molar-refractivity contribution in [3.8, 4) is 0 Å². The summed E-state index contributed by atoms with van der Waals surface area (Å²) in [5, 5.41) is 4.53. The molecule has 0 unspecified atom stereocenters. The zero-order valence-corrected chi connectivity index (χ0v) is 11.7. The Kier molecular flexibility index (Phi) is 4.72. The third-order valence-corrected chi connectivity index (χ3v) is 3.34. The summed E-state index contributed by atoms with van der Waals surface area (Å²) in [5.74, 6) is -0.829. The van der Waals surface area contributed by atoms with E-state index >= 15 is 0 Å². The molecule has 0 saturated heterocycles. The Balaban J connectivity index is 2.25. The second kappa shape index (κ2) is 6.70. The van der Waals surface area contributed by atoms with Crippen LogP contribution in [-0.2, 0) is 4.79 Å². The summed E-state index contributed by atoms with van der Waals surface area (Å²) < 4.78 is 0. The highest BCUT2D eigenvalue weighted by Gasteiger charge is 2.19. The number of carbonyl (C=O) groups excluding carboxylic acids is 2. The monoisotopic (exact) mass is 282 g/mol. The second-order valence-electron chi connectivity index (χ2n) is 4.82. The quantitative estimate of drug-likeness (QED) is 0.798. The average molecular weight is 282 g/mol. The van der Waals surface area contributed by atoms with Crippen molar-refractivity contribution in [1.29, 1.82) is 0 Å². The third-order valence-electron chi connectivity index (χ3n) is 3.34. The Morgan fingerprint density at radius 1 is 1.19 bits per heavy atom. The Morgan fingerprint density at radius 2 is 1.90 bits per heavy atom. The van der Waals surface area contributed by atoms with Gasteiger partial charge in [-0.25, -0.2) is 0 Å². The normalized spacial score (nSPS) is 11.8. The van der Waals surface area contributed by atoms with Crippen molar-refractivity contribution in [2.24, 2.45) is 5.73 Å². The summed E-state index contributed by atoms with van der Waals surface area (Å²) in [6, 6.07) is 12.4. The highest BCUT2D eigenvalue weighted by Crippen LogP contribution is 2.18. The molecule has 0 aromatic heterocycles. The summed E-state index contributed by atoms with van der Waals surface area (Å²) in [6.07, 6.45) is 2.76. The molecule has 2 amide bonds. The number of nitrogens with one attached hydrogen (secondary N) is 1. The van der Waals surface area contributed by atoms with Crippen LogP contribution in [0.5, 0.6) is 0 Å². The van der Waals surface area contributed by atoms with E-state index in [1.807, 2.05) is 36.4 Å². The van der Waals surface area contributed by atoms with Crippen molar-refractivity contribution < 1.29 is 9.59 Å². The first-order valence-electron chi connectivity index (χ1n) is 6.82. The summed E-state index contributed by atoms with van der Waals surface area (Å²) in [5.41, 5.74) is 5.87. The Bertz CT molecular complexity index is 674. The lowest BCUT2D eigenvalue weighted by atomic mass is 10.0. The molecule has 2 aromatic rings. The van der Waals surface area contributed by atoms with Crippen LogP contribution in [0.3, 0.4) is 0 Å². The van der Waals surface area contributed by atoms with Gasteiger partial charge < -0.3 is 11.1 Å². The molecular formula is C17H18N2O2. The highest BCUT2D eigenvalue weighted by atomic mass is 16.2. The van der Waals surface area contributed by atoms with E-state index in [4.69, 9.17) is 5.73 Å². The van der Waals surface area contributed by atoms with Gasteiger partial charge in [-0.3, -0.25) is 9.59 Å². The molecule has 0 spiro atoms. The van der Waals surface area contributed by atoms with Crippen molar-refractivity contribution in [2.75, 3.05) is 0 Å². The molecule has 4 heteroatoms. The number of primary amides is 1. The first kappa shape index (κ1) is 14.8. The van der Waals surface area contributed by atoms with Crippen LogP contribution in [0.4, 0.5) is 0 Å². The van der Waals surface area contributed by atoms with Crippen LogP contribution in [0.25, 0.3) is 10.8 Å². The van der Waals surface area contributed by atoms with Crippen LogP contribution in [-0.4, -0.2) is 17.9 Å². The maximum absolute atomic E-state index is 12.4. The second-order valence-corrected chi connectivity index (χ2v) is 4.82. The zero-order chi connectivity index (χ0) is 15.2. The van der Waals surface area contributed by atoms with E-state index < -0.39 is 11.9 Å². The predicted octanol–water partition coefficient (Wildman–Crippen LogP) is 2.39. The SMILES string of the molecule is C=CCC[C@H](NC(=O)c1cccc2ccccc12)C(N)=O. The zero-order valence-electron chi connectivity index (χ0n) is 11.7. The first-order valence-corrected chi connectivity index (χ1v) is 6.82. The molecule has 0 fully saturated rings. The lowest BCUT2D eigenvalue weighted by Crippen LogP contribution is -2.44. The number of hydrogen-bond donors (Lipinski definition) is 2. The molecule has 0 bridgehead atoms. The van der Waals surface area contributed by atoms with Crippen molar-refractivity contribution >= 4 is 22.6 Å².